The number of hydrogen-bond acceptors (Lipinski definition) is 3. The molecule has 1 aliphatic rings. The summed E-state index contributed by atoms with van der Waals surface area (Å²) in [4.78, 5) is 13.2. The number of thioether (sulfide) groups is 1. The number of anilines is 1. The molecule has 0 unspecified atom stereocenters. The number of carbonyl (C=O) groups is 1. The Hall–Kier alpha value is -1.00. The average molecular weight is 250 g/mol. The smallest absolute Gasteiger partial charge is 0.227 e. The first-order valence-electron chi connectivity index (χ1n) is 5.96. The SMILES string of the molecule is CSc1ccccc1NC(=O)C1CCNCC1. The highest BCUT2D eigenvalue weighted by Gasteiger charge is 2.21. The van der Waals surface area contributed by atoms with E-state index in [1.807, 2.05) is 30.5 Å². The van der Waals surface area contributed by atoms with Crippen molar-refractivity contribution < 1.29 is 4.79 Å². The number of rotatable bonds is 3. The molecule has 0 radical (unpaired) electrons. The van der Waals surface area contributed by atoms with Crippen LogP contribution in [0.25, 0.3) is 0 Å². The molecule has 17 heavy (non-hydrogen) atoms. The number of hydrogen-bond donors (Lipinski definition) is 2. The van der Waals surface area contributed by atoms with E-state index in [1.54, 1.807) is 11.8 Å². The van der Waals surface area contributed by atoms with Crippen molar-refractivity contribution in [2.24, 2.45) is 5.92 Å². The van der Waals surface area contributed by atoms with Gasteiger partial charge in [-0.1, -0.05) is 12.1 Å². The van der Waals surface area contributed by atoms with Crippen LogP contribution >= 0.6 is 11.8 Å². The molecule has 0 aromatic heterocycles. The molecule has 1 aromatic carbocycles. The molecule has 2 rings (SSSR count). The second-order valence-corrected chi connectivity index (χ2v) is 5.06. The summed E-state index contributed by atoms with van der Waals surface area (Å²) in [5.74, 6) is 0.319. The fraction of sp³-hybridized carbons (Fsp3) is 0.462. The molecule has 3 nitrogen and oxygen atoms in total. The molecular weight excluding hydrogens is 232 g/mol. The standard InChI is InChI=1S/C13H18N2OS/c1-17-12-5-3-2-4-11(12)15-13(16)10-6-8-14-9-7-10/h2-5,10,14H,6-9H2,1H3,(H,15,16). The Morgan fingerprint density at radius 1 is 1.35 bits per heavy atom. The maximum atomic E-state index is 12.1. The van der Waals surface area contributed by atoms with E-state index < -0.39 is 0 Å². The van der Waals surface area contributed by atoms with Crippen molar-refractivity contribution >= 4 is 23.4 Å². The zero-order valence-electron chi connectivity index (χ0n) is 10.0. The van der Waals surface area contributed by atoms with Crippen LogP contribution in [0.2, 0.25) is 0 Å². The molecule has 0 spiro atoms. The highest BCUT2D eigenvalue weighted by atomic mass is 32.2. The van der Waals surface area contributed by atoms with Gasteiger partial charge < -0.3 is 10.6 Å². The van der Waals surface area contributed by atoms with Crippen LogP contribution in [0, 0.1) is 5.92 Å². The van der Waals surface area contributed by atoms with Gasteiger partial charge in [0, 0.05) is 10.8 Å². The number of nitrogens with one attached hydrogen (secondary N) is 2. The largest absolute Gasteiger partial charge is 0.325 e. The molecule has 0 bridgehead atoms. The van der Waals surface area contributed by atoms with Gasteiger partial charge in [-0.3, -0.25) is 4.79 Å². The minimum atomic E-state index is 0.158. The molecular formula is C13H18N2OS. The van der Waals surface area contributed by atoms with Crippen LogP contribution in [0.4, 0.5) is 5.69 Å². The number of para-hydroxylation sites is 1. The lowest BCUT2D eigenvalue weighted by atomic mass is 9.97. The second-order valence-electron chi connectivity index (χ2n) is 4.21. The van der Waals surface area contributed by atoms with Crippen molar-refractivity contribution in [2.75, 3.05) is 24.7 Å². The van der Waals surface area contributed by atoms with Crippen LogP contribution in [0.15, 0.2) is 29.2 Å². The Balaban J connectivity index is 2.01. The van der Waals surface area contributed by atoms with Crippen LogP contribution in [0.1, 0.15) is 12.8 Å². The van der Waals surface area contributed by atoms with Gasteiger partial charge in [-0.05, 0) is 44.3 Å². The fourth-order valence-corrected chi connectivity index (χ4v) is 2.62. The van der Waals surface area contributed by atoms with Gasteiger partial charge >= 0.3 is 0 Å². The molecule has 0 aliphatic carbocycles. The van der Waals surface area contributed by atoms with E-state index >= 15 is 0 Å². The van der Waals surface area contributed by atoms with Gasteiger partial charge in [0.2, 0.25) is 5.91 Å². The predicted molar refractivity (Wildman–Crippen MR) is 72.4 cm³/mol. The topological polar surface area (TPSA) is 41.1 Å². The van der Waals surface area contributed by atoms with E-state index in [1.165, 1.54) is 0 Å². The van der Waals surface area contributed by atoms with Crippen LogP contribution < -0.4 is 10.6 Å². The summed E-state index contributed by atoms with van der Waals surface area (Å²) < 4.78 is 0. The average Bonchev–Trinajstić information content (AvgIpc) is 2.40. The first-order chi connectivity index (χ1) is 8.31. The van der Waals surface area contributed by atoms with Gasteiger partial charge in [0.25, 0.3) is 0 Å². The van der Waals surface area contributed by atoms with E-state index in [0.29, 0.717) is 0 Å². The van der Waals surface area contributed by atoms with Crippen molar-refractivity contribution in [1.29, 1.82) is 0 Å². The van der Waals surface area contributed by atoms with Gasteiger partial charge in [0.05, 0.1) is 5.69 Å². The van der Waals surface area contributed by atoms with Crippen LogP contribution in [-0.2, 0) is 4.79 Å². The maximum Gasteiger partial charge on any atom is 0.227 e. The molecule has 4 heteroatoms. The summed E-state index contributed by atoms with van der Waals surface area (Å²) in [6.45, 7) is 1.89. The van der Waals surface area contributed by atoms with E-state index in [9.17, 15) is 4.79 Å². The normalized spacial score (nSPS) is 16.8. The summed E-state index contributed by atoms with van der Waals surface area (Å²) >= 11 is 1.66. The summed E-state index contributed by atoms with van der Waals surface area (Å²) in [6, 6.07) is 7.94. The molecule has 1 fully saturated rings. The molecule has 1 aliphatic heterocycles. The third-order valence-corrected chi connectivity index (χ3v) is 3.87. The Morgan fingerprint density at radius 2 is 2.06 bits per heavy atom. The van der Waals surface area contributed by atoms with Crippen molar-refractivity contribution in [3.05, 3.63) is 24.3 Å². The Morgan fingerprint density at radius 3 is 2.76 bits per heavy atom. The van der Waals surface area contributed by atoms with E-state index in [-0.39, 0.29) is 11.8 Å². The lowest BCUT2D eigenvalue weighted by molar-refractivity contribution is -0.120. The Kier molecular flexibility index (Phi) is 4.45. The number of benzene rings is 1. The zero-order chi connectivity index (χ0) is 12.1. The number of carbonyl (C=O) groups excluding carboxylic acids is 1. The lowest BCUT2D eigenvalue weighted by Crippen LogP contribution is -2.34. The fourth-order valence-electron chi connectivity index (χ4n) is 2.07. The van der Waals surface area contributed by atoms with Crippen LogP contribution in [-0.4, -0.2) is 25.3 Å². The van der Waals surface area contributed by atoms with Crippen LogP contribution in [0.5, 0.6) is 0 Å². The minimum Gasteiger partial charge on any atom is -0.325 e. The van der Waals surface area contributed by atoms with E-state index in [0.717, 1.165) is 36.5 Å². The molecule has 0 atom stereocenters. The molecule has 0 saturated carbocycles. The third-order valence-electron chi connectivity index (χ3n) is 3.07. The summed E-state index contributed by atoms with van der Waals surface area (Å²) in [5.41, 5.74) is 0.934. The molecule has 92 valence electrons. The van der Waals surface area contributed by atoms with Gasteiger partial charge in [0.1, 0.15) is 0 Å². The first kappa shape index (κ1) is 12.5. The van der Waals surface area contributed by atoms with Gasteiger partial charge in [-0.25, -0.2) is 0 Å². The van der Waals surface area contributed by atoms with E-state index in [4.69, 9.17) is 0 Å². The van der Waals surface area contributed by atoms with Crippen molar-refractivity contribution in [3.63, 3.8) is 0 Å². The zero-order valence-corrected chi connectivity index (χ0v) is 10.8. The van der Waals surface area contributed by atoms with Gasteiger partial charge in [0.15, 0.2) is 0 Å². The predicted octanol–water partition coefficient (Wildman–Crippen LogP) is 2.35. The van der Waals surface area contributed by atoms with Gasteiger partial charge in [-0.2, -0.15) is 0 Å². The molecule has 2 N–H and O–H groups in total. The summed E-state index contributed by atoms with van der Waals surface area (Å²) in [5, 5.41) is 6.32. The molecule has 1 saturated heterocycles. The van der Waals surface area contributed by atoms with Crippen molar-refractivity contribution in [3.8, 4) is 0 Å². The number of amides is 1. The Bertz CT molecular complexity index is 389. The second kappa shape index (κ2) is 6.07. The van der Waals surface area contributed by atoms with Gasteiger partial charge in [-0.15, -0.1) is 11.8 Å². The summed E-state index contributed by atoms with van der Waals surface area (Å²) in [7, 11) is 0. The Labute approximate surface area is 106 Å². The highest BCUT2D eigenvalue weighted by molar-refractivity contribution is 7.98. The minimum absolute atomic E-state index is 0.158. The summed E-state index contributed by atoms with van der Waals surface area (Å²) in [6.07, 6.45) is 3.90. The monoisotopic (exact) mass is 250 g/mol. The first-order valence-corrected chi connectivity index (χ1v) is 7.18. The van der Waals surface area contributed by atoms with Crippen LogP contribution in [0.3, 0.4) is 0 Å². The number of piperidine rings is 1. The third kappa shape index (κ3) is 3.23. The lowest BCUT2D eigenvalue weighted by Gasteiger charge is -2.22. The molecule has 1 aromatic rings. The molecule has 1 amide bonds. The van der Waals surface area contributed by atoms with Crippen molar-refractivity contribution in [2.45, 2.75) is 17.7 Å². The quantitative estimate of drug-likeness (QED) is 0.809. The maximum absolute atomic E-state index is 12.1. The highest BCUT2D eigenvalue weighted by Crippen LogP contribution is 2.25. The van der Waals surface area contributed by atoms with E-state index in [2.05, 4.69) is 10.6 Å². The van der Waals surface area contributed by atoms with Crippen molar-refractivity contribution in [1.82, 2.24) is 5.32 Å². The molecule has 1 heterocycles.